The van der Waals surface area contributed by atoms with Crippen molar-refractivity contribution < 1.29 is 0 Å². The zero-order chi connectivity index (χ0) is 17.0. The molecule has 0 atom stereocenters. The first-order chi connectivity index (χ1) is 12.1. The first-order valence-electron chi connectivity index (χ1n) is 9.09. The monoisotopic (exact) mass is 416 g/mol. The lowest BCUT2D eigenvalue weighted by atomic mass is 9.49. The molecular formula is C19H21BrN4S. The summed E-state index contributed by atoms with van der Waals surface area (Å²) in [6, 6.07) is 8.13. The number of rotatable bonds is 3. The van der Waals surface area contributed by atoms with E-state index in [-0.39, 0.29) is 5.41 Å². The molecule has 0 unspecified atom stereocenters. The molecule has 4 aliphatic rings. The van der Waals surface area contributed by atoms with Crippen LogP contribution in [0.4, 0.5) is 0 Å². The third-order valence-corrected chi connectivity index (χ3v) is 7.15. The number of benzene rings is 1. The molecule has 4 nitrogen and oxygen atoms in total. The van der Waals surface area contributed by atoms with E-state index in [4.69, 9.17) is 17.3 Å². The molecule has 4 saturated carbocycles. The van der Waals surface area contributed by atoms with E-state index in [1.54, 1.807) is 0 Å². The highest BCUT2D eigenvalue weighted by Gasteiger charge is 2.53. The molecule has 6 rings (SSSR count). The highest BCUT2D eigenvalue weighted by molar-refractivity contribution is 9.10. The first-order valence-corrected chi connectivity index (χ1v) is 10.3. The van der Waals surface area contributed by atoms with Gasteiger partial charge in [-0.1, -0.05) is 28.1 Å². The lowest BCUT2D eigenvalue weighted by Gasteiger charge is -2.55. The van der Waals surface area contributed by atoms with Crippen molar-refractivity contribution in [1.82, 2.24) is 14.9 Å². The van der Waals surface area contributed by atoms with Crippen molar-refractivity contribution in [3.63, 3.8) is 0 Å². The van der Waals surface area contributed by atoms with Gasteiger partial charge < -0.3 is 0 Å². The number of aromatic amines is 1. The van der Waals surface area contributed by atoms with Crippen LogP contribution in [0.1, 0.15) is 49.9 Å². The van der Waals surface area contributed by atoms with Gasteiger partial charge >= 0.3 is 0 Å². The quantitative estimate of drug-likeness (QED) is 0.561. The van der Waals surface area contributed by atoms with Crippen LogP contribution in [0.25, 0.3) is 0 Å². The zero-order valence-corrected chi connectivity index (χ0v) is 16.4. The Kier molecular flexibility index (Phi) is 3.75. The van der Waals surface area contributed by atoms with Gasteiger partial charge in [0.1, 0.15) is 0 Å². The molecule has 6 heteroatoms. The van der Waals surface area contributed by atoms with Crippen LogP contribution >= 0.6 is 28.1 Å². The maximum atomic E-state index is 5.49. The van der Waals surface area contributed by atoms with E-state index in [0.717, 1.165) is 33.6 Å². The Hall–Kier alpha value is -1.27. The first kappa shape index (κ1) is 15.9. The topological polar surface area (TPSA) is 46.0 Å². The second-order valence-corrected chi connectivity index (χ2v) is 9.46. The number of hydrogen-bond donors (Lipinski definition) is 1. The van der Waals surface area contributed by atoms with E-state index >= 15 is 0 Å². The molecule has 2 aromatic rings. The van der Waals surface area contributed by atoms with Crippen LogP contribution in [0, 0.1) is 22.5 Å². The van der Waals surface area contributed by atoms with Crippen LogP contribution in [0.3, 0.4) is 0 Å². The molecule has 0 amide bonds. The summed E-state index contributed by atoms with van der Waals surface area (Å²) in [7, 11) is 0. The van der Waals surface area contributed by atoms with Crippen LogP contribution in [-0.4, -0.2) is 21.1 Å². The Bertz CT molecular complexity index is 844. The molecule has 130 valence electrons. The van der Waals surface area contributed by atoms with E-state index in [2.05, 4.69) is 26.1 Å². The maximum absolute atomic E-state index is 5.49. The number of nitrogens with one attached hydrogen (secondary N) is 1. The van der Waals surface area contributed by atoms with Gasteiger partial charge in [0.15, 0.2) is 5.82 Å². The number of nitrogens with zero attached hydrogens (tertiary/aromatic N) is 3. The van der Waals surface area contributed by atoms with Crippen molar-refractivity contribution in [1.29, 1.82) is 0 Å². The summed E-state index contributed by atoms with van der Waals surface area (Å²) in [5.41, 5.74) is 1.24. The fourth-order valence-corrected chi connectivity index (χ4v) is 6.24. The summed E-state index contributed by atoms with van der Waals surface area (Å²) in [6.45, 7) is 0. The van der Waals surface area contributed by atoms with E-state index in [1.165, 1.54) is 38.5 Å². The minimum atomic E-state index is 0.180. The molecule has 0 radical (unpaired) electrons. The lowest BCUT2D eigenvalue weighted by Crippen LogP contribution is -2.49. The molecule has 0 spiro atoms. The predicted molar refractivity (Wildman–Crippen MR) is 104 cm³/mol. The third-order valence-electron chi connectivity index (χ3n) is 6.36. The minimum Gasteiger partial charge on any atom is -0.250 e. The van der Waals surface area contributed by atoms with Crippen molar-refractivity contribution in [3.8, 4) is 0 Å². The van der Waals surface area contributed by atoms with Gasteiger partial charge in [-0.15, -0.1) is 0 Å². The maximum Gasteiger partial charge on any atom is 0.216 e. The van der Waals surface area contributed by atoms with Gasteiger partial charge in [0, 0.05) is 9.89 Å². The molecule has 4 fully saturated rings. The largest absolute Gasteiger partial charge is 0.250 e. The molecule has 1 aromatic heterocycles. The Morgan fingerprint density at radius 2 is 1.72 bits per heavy atom. The molecule has 1 heterocycles. The second-order valence-electron chi connectivity index (χ2n) is 8.16. The van der Waals surface area contributed by atoms with Crippen molar-refractivity contribution in [2.45, 2.75) is 43.9 Å². The van der Waals surface area contributed by atoms with Gasteiger partial charge in [-0.3, -0.25) is 5.10 Å². The summed E-state index contributed by atoms with van der Waals surface area (Å²) >= 11 is 8.95. The molecule has 1 aromatic carbocycles. The average Bonchev–Trinajstić information content (AvgIpc) is 2.95. The van der Waals surface area contributed by atoms with E-state index < -0.39 is 0 Å². The average molecular weight is 417 g/mol. The van der Waals surface area contributed by atoms with E-state index in [9.17, 15) is 0 Å². The molecule has 4 aliphatic carbocycles. The summed E-state index contributed by atoms with van der Waals surface area (Å²) in [5, 5.41) is 12.4. The number of H-pyrrole nitrogens is 1. The Morgan fingerprint density at radius 3 is 2.32 bits per heavy atom. The highest BCUT2D eigenvalue weighted by Crippen LogP contribution is 2.60. The summed E-state index contributed by atoms with van der Waals surface area (Å²) in [6.07, 6.45) is 9.92. The lowest BCUT2D eigenvalue weighted by molar-refractivity contribution is -0.0109. The van der Waals surface area contributed by atoms with Crippen molar-refractivity contribution >= 4 is 34.4 Å². The van der Waals surface area contributed by atoms with Gasteiger partial charge in [0.25, 0.3) is 0 Å². The zero-order valence-electron chi connectivity index (χ0n) is 14.0. The standard InChI is InChI=1S/C19H21BrN4S/c20-16-3-1-12(2-4-16)11-21-24-17(22-23-18(24)25)19-8-13-5-14(9-19)7-15(6-13)10-19/h1-4,11,13-15H,5-10H2,(H,23,25)/b21-11+. The van der Waals surface area contributed by atoms with E-state index in [1.807, 2.05) is 35.2 Å². The number of hydrogen-bond acceptors (Lipinski definition) is 3. The van der Waals surface area contributed by atoms with Gasteiger partial charge in [0.05, 0.1) is 6.21 Å². The smallest absolute Gasteiger partial charge is 0.216 e. The Balaban J connectivity index is 1.51. The molecule has 0 aliphatic heterocycles. The molecule has 1 N–H and O–H groups in total. The van der Waals surface area contributed by atoms with Crippen LogP contribution in [0.15, 0.2) is 33.8 Å². The number of aromatic nitrogens is 3. The summed E-state index contributed by atoms with van der Waals surface area (Å²) in [4.78, 5) is 0. The van der Waals surface area contributed by atoms with Crippen LogP contribution in [0.5, 0.6) is 0 Å². The van der Waals surface area contributed by atoms with Crippen molar-refractivity contribution in [2.24, 2.45) is 22.9 Å². The molecular weight excluding hydrogens is 396 g/mol. The second kappa shape index (κ2) is 5.88. The van der Waals surface area contributed by atoms with Gasteiger partial charge in [-0.05, 0) is 86.2 Å². The highest BCUT2D eigenvalue weighted by atomic mass is 79.9. The van der Waals surface area contributed by atoms with Crippen molar-refractivity contribution in [2.75, 3.05) is 0 Å². The normalized spacial score (nSPS) is 33.4. The fourth-order valence-electron chi connectivity index (χ4n) is 5.80. The Labute approximate surface area is 160 Å². The SMILES string of the molecule is S=c1[nH]nc(C23CC4CC(CC(C4)C2)C3)n1/N=C/c1ccc(Br)cc1. The number of halogens is 1. The van der Waals surface area contributed by atoms with Crippen LogP contribution in [-0.2, 0) is 5.41 Å². The molecule has 25 heavy (non-hydrogen) atoms. The van der Waals surface area contributed by atoms with Gasteiger partial charge in [0.2, 0.25) is 4.77 Å². The van der Waals surface area contributed by atoms with Crippen LogP contribution < -0.4 is 0 Å². The summed E-state index contributed by atoms with van der Waals surface area (Å²) in [5.74, 6) is 3.69. The van der Waals surface area contributed by atoms with Crippen molar-refractivity contribution in [3.05, 3.63) is 44.9 Å². The van der Waals surface area contributed by atoms with Crippen LogP contribution in [0.2, 0.25) is 0 Å². The third kappa shape index (κ3) is 2.74. The Morgan fingerprint density at radius 1 is 1.12 bits per heavy atom. The van der Waals surface area contributed by atoms with Gasteiger partial charge in [-0.2, -0.15) is 14.9 Å². The predicted octanol–water partition coefficient (Wildman–Crippen LogP) is 5.05. The minimum absolute atomic E-state index is 0.180. The summed E-state index contributed by atoms with van der Waals surface area (Å²) < 4.78 is 3.54. The van der Waals surface area contributed by atoms with E-state index in [0.29, 0.717) is 4.77 Å². The molecule has 4 bridgehead atoms. The fraction of sp³-hybridized carbons (Fsp3) is 0.526. The van der Waals surface area contributed by atoms with Gasteiger partial charge in [-0.25, -0.2) is 0 Å². The molecule has 0 saturated heterocycles.